The second kappa shape index (κ2) is 5.38. The fraction of sp³-hybridized carbons (Fsp3) is 0.118. The maximum atomic E-state index is 12.3. The summed E-state index contributed by atoms with van der Waals surface area (Å²) in [7, 11) is 0. The number of carbonyl (C=O) groups is 1. The van der Waals surface area contributed by atoms with E-state index in [1.165, 1.54) is 10.6 Å². The lowest BCUT2D eigenvalue weighted by molar-refractivity contribution is 0.0943. The van der Waals surface area contributed by atoms with E-state index >= 15 is 0 Å². The Morgan fingerprint density at radius 2 is 2.17 bits per heavy atom. The molecule has 0 saturated carbocycles. The SMILES string of the molecule is Cc1cn2nc(C(=O)NCc3cc4ccccc4o3)cc2c(=O)[nH]1. The second-order valence-electron chi connectivity index (χ2n) is 5.56. The molecule has 24 heavy (non-hydrogen) atoms. The lowest BCUT2D eigenvalue weighted by atomic mass is 10.2. The highest BCUT2D eigenvalue weighted by Crippen LogP contribution is 2.18. The molecule has 0 spiro atoms. The largest absolute Gasteiger partial charge is 0.459 e. The van der Waals surface area contributed by atoms with Gasteiger partial charge in [0.15, 0.2) is 5.69 Å². The molecule has 0 unspecified atom stereocenters. The van der Waals surface area contributed by atoms with Crippen LogP contribution in [0, 0.1) is 6.92 Å². The van der Waals surface area contributed by atoms with E-state index in [0.717, 1.165) is 11.0 Å². The minimum Gasteiger partial charge on any atom is -0.459 e. The average Bonchev–Trinajstić information content (AvgIpc) is 3.15. The lowest BCUT2D eigenvalue weighted by Gasteiger charge is -1.99. The number of hydrogen-bond acceptors (Lipinski definition) is 4. The van der Waals surface area contributed by atoms with E-state index in [4.69, 9.17) is 4.42 Å². The Balaban J connectivity index is 1.55. The third-order valence-electron chi connectivity index (χ3n) is 3.73. The highest BCUT2D eigenvalue weighted by molar-refractivity contribution is 5.93. The standard InChI is InChI=1S/C17H14N4O3/c1-10-9-21-14(17(23)19-10)7-13(20-21)16(22)18-8-12-6-11-4-2-3-5-15(11)24-12/h2-7,9H,8H2,1H3,(H,18,22)(H,19,23). The topological polar surface area (TPSA) is 92.4 Å². The van der Waals surface area contributed by atoms with Crippen LogP contribution >= 0.6 is 0 Å². The number of aryl methyl sites for hydroxylation is 1. The molecule has 4 aromatic rings. The Bertz CT molecular complexity index is 1090. The van der Waals surface area contributed by atoms with E-state index in [-0.39, 0.29) is 23.7 Å². The maximum absolute atomic E-state index is 12.3. The summed E-state index contributed by atoms with van der Waals surface area (Å²) in [5.74, 6) is 0.290. The first-order chi connectivity index (χ1) is 11.6. The van der Waals surface area contributed by atoms with Crippen LogP contribution in [0.25, 0.3) is 16.5 Å². The number of aromatic amines is 1. The molecule has 0 saturated heterocycles. The molecule has 0 aliphatic carbocycles. The summed E-state index contributed by atoms with van der Waals surface area (Å²) in [6, 6.07) is 11.0. The van der Waals surface area contributed by atoms with Gasteiger partial charge in [-0.15, -0.1) is 0 Å². The number of fused-ring (bicyclic) bond motifs is 2. The molecule has 0 fully saturated rings. The average molecular weight is 322 g/mol. The van der Waals surface area contributed by atoms with Gasteiger partial charge in [-0.05, 0) is 19.1 Å². The molecule has 0 atom stereocenters. The minimum atomic E-state index is -0.365. The van der Waals surface area contributed by atoms with E-state index in [0.29, 0.717) is 17.0 Å². The smallest absolute Gasteiger partial charge is 0.274 e. The van der Waals surface area contributed by atoms with Gasteiger partial charge in [-0.2, -0.15) is 5.10 Å². The number of benzene rings is 1. The van der Waals surface area contributed by atoms with Crippen LogP contribution in [0.15, 0.2) is 51.8 Å². The van der Waals surface area contributed by atoms with Crippen LogP contribution in [0.5, 0.6) is 0 Å². The highest BCUT2D eigenvalue weighted by atomic mass is 16.3. The van der Waals surface area contributed by atoms with E-state index in [1.807, 2.05) is 30.3 Å². The van der Waals surface area contributed by atoms with Gasteiger partial charge in [0.25, 0.3) is 11.5 Å². The third kappa shape index (κ3) is 2.45. The molecule has 0 aliphatic rings. The first-order valence-electron chi connectivity index (χ1n) is 7.45. The molecule has 7 heteroatoms. The van der Waals surface area contributed by atoms with Crippen molar-refractivity contribution in [3.05, 3.63) is 70.1 Å². The van der Waals surface area contributed by atoms with Crippen molar-refractivity contribution in [3.63, 3.8) is 0 Å². The lowest BCUT2D eigenvalue weighted by Crippen LogP contribution is -2.23. The normalized spacial score (nSPS) is 11.2. The van der Waals surface area contributed by atoms with Crippen molar-refractivity contribution < 1.29 is 9.21 Å². The molecule has 0 bridgehead atoms. The summed E-state index contributed by atoms with van der Waals surface area (Å²) in [5, 5.41) is 7.88. The number of rotatable bonds is 3. The Morgan fingerprint density at radius 3 is 3.00 bits per heavy atom. The number of carbonyl (C=O) groups excluding carboxylic acids is 1. The fourth-order valence-electron chi connectivity index (χ4n) is 2.61. The van der Waals surface area contributed by atoms with Gasteiger partial charge in [0.1, 0.15) is 16.9 Å². The van der Waals surface area contributed by atoms with E-state index in [9.17, 15) is 9.59 Å². The molecule has 2 N–H and O–H groups in total. The van der Waals surface area contributed by atoms with Crippen LogP contribution in [-0.2, 0) is 6.54 Å². The first-order valence-corrected chi connectivity index (χ1v) is 7.45. The van der Waals surface area contributed by atoms with Gasteiger partial charge in [0, 0.05) is 23.3 Å². The highest BCUT2D eigenvalue weighted by Gasteiger charge is 2.13. The van der Waals surface area contributed by atoms with Crippen molar-refractivity contribution in [2.24, 2.45) is 0 Å². The Morgan fingerprint density at radius 1 is 1.33 bits per heavy atom. The molecule has 7 nitrogen and oxygen atoms in total. The Hall–Kier alpha value is -3.35. The molecular formula is C17H14N4O3. The van der Waals surface area contributed by atoms with Crippen molar-refractivity contribution in [1.29, 1.82) is 0 Å². The number of nitrogens with zero attached hydrogens (tertiary/aromatic N) is 2. The van der Waals surface area contributed by atoms with Crippen LogP contribution in [0.1, 0.15) is 21.9 Å². The monoisotopic (exact) mass is 322 g/mol. The Labute approximate surface area is 135 Å². The summed E-state index contributed by atoms with van der Waals surface area (Å²) >= 11 is 0. The minimum absolute atomic E-state index is 0.183. The number of aromatic nitrogens is 3. The molecule has 120 valence electrons. The quantitative estimate of drug-likeness (QED) is 0.603. The van der Waals surface area contributed by atoms with Crippen LogP contribution in [0.2, 0.25) is 0 Å². The third-order valence-corrected chi connectivity index (χ3v) is 3.73. The van der Waals surface area contributed by atoms with Crippen LogP contribution < -0.4 is 10.9 Å². The summed E-state index contributed by atoms with van der Waals surface area (Å²) in [5.41, 5.74) is 1.68. The van der Waals surface area contributed by atoms with E-state index in [1.54, 1.807) is 13.1 Å². The fourth-order valence-corrected chi connectivity index (χ4v) is 2.61. The van der Waals surface area contributed by atoms with Crippen molar-refractivity contribution in [3.8, 4) is 0 Å². The number of amides is 1. The summed E-state index contributed by atoms with van der Waals surface area (Å²) in [6.07, 6.45) is 1.66. The van der Waals surface area contributed by atoms with Gasteiger partial charge >= 0.3 is 0 Å². The molecular weight excluding hydrogens is 308 g/mol. The van der Waals surface area contributed by atoms with Crippen LogP contribution in [0.3, 0.4) is 0 Å². The number of nitrogens with one attached hydrogen (secondary N) is 2. The van der Waals surface area contributed by atoms with Gasteiger partial charge in [0.05, 0.1) is 6.54 Å². The van der Waals surface area contributed by atoms with Crippen molar-refractivity contribution in [2.75, 3.05) is 0 Å². The number of H-pyrrole nitrogens is 1. The second-order valence-corrected chi connectivity index (χ2v) is 5.56. The molecule has 1 aromatic carbocycles. The van der Waals surface area contributed by atoms with Crippen molar-refractivity contribution in [1.82, 2.24) is 19.9 Å². The number of para-hydroxylation sites is 1. The zero-order chi connectivity index (χ0) is 16.7. The van der Waals surface area contributed by atoms with Gasteiger partial charge < -0.3 is 14.7 Å². The zero-order valence-electron chi connectivity index (χ0n) is 12.9. The summed E-state index contributed by atoms with van der Waals surface area (Å²) in [4.78, 5) is 26.8. The first kappa shape index (κ1) is 14.3. The number of furan rings is 1. The molecule has 4 rings (SSSR count). The summed E-state index contributed by atoms with van der Waals surface area (Å²) in [6.45, 7) is 2.00. The van der Waals surface area contributed by atoms with Gasteiger partial charge in [0.2, 0.25) is 0 Å². The van der Waals surface area contributed by atoms with Crippen molar-refractivity contribution in [2.45, 2.75) is 13.5 Å². The predicted octanol–water partition coefficient (Wildman–Crippen LogP) is 2.01. The maximum Gasteiger partial charge on any atom is 0.274 e. The van der Waals surface area contributed by atoms with Gasteiger partial charge in [-0.1, -0.05) is 18.2 Å². The molecule has 3 aromatic heterocycles. The van der Waals surface area contributed by atoms with E-state index in [2.05, 4.69) is 15.4 Å². The number of hydrogen-bond donors (Lipinski definition) is 2. The van der Waals surface area contributed by atoms with Crippen LogP contribution in [-0.4, -0.2) is 20.5 Å². The van der Waals surface area contributed by atoms with Gasteiger partial charge in [-0.25, -0.2) is 4.52 Å². The molecule has 3 heterocycles. The van der Waals surface area contributed by atoms with Crippen molar-refractivity contribution >= 4 is 22.4 Å². The summed E-state index contributed by atoms with van der Waals surface area (Å²) < 4.78 is 7.06. The zero-order valence-corrected chi connectivity index (χ0v) is 12.9. The molecule has 0 aliphatic heterocycles. The molecule has 0 radical (unpaired) electrons. The predicted molar refractivity (Wildman–Crippen MR) is 87.9 cm³/mol. The van der Waals surface area contributed by atoms with E-state index < -0.39 is 0 Å². The van der Waals surface area contributed by atoms with Crippen LogP contribution in [0.4, 0.5) is 0 Å². The van der Waals surface area contributed by atoms with Gasteiger partial charge in [-0.3, -0.25) is 9.59 Å². The Kier molecular flexibility index (Phi) is 3.19. The molecule has 1 amide bonds.